The molecule has 84 valence electrons. The smallest absolute Gasteiger partial charge is 0.290 e. The zero-order valence-corrected chi connectivity index (χ0v) is 7.45. The molecular weight excluding hydrogens is 194 g/mol. The molecule has 0 aromatic rings. The first kappa shape index (κ1) is 13.3. The van der Waals surface area contributed by atoms with Gasteiger partial charge in [0.2, 0.25) is 0 Å². The zero-order valence-electron chi connectivity index (χ0n) is 7.45. The van der Waals surface area contributed by atoms with E-state index >= 15 is 0 Å². The van der Waals surface area contributed by atoms with Crippen molar-refractivity contribution in [1.29, 1.82) is 0 Å². The van der Waals surface area contributed by atoms with Crippen LogP contribution in [-0.2, 0) is 4.79 Å². The van der Waals surface area contributed by atoms with Gasteiger partial charge in [-0.2, -0.15) is 0 Å². The Morgan fingerprint density at radius 2 is 1.79 bits per heavy atom. The third-order valence-electron chi connectivity index (χ3n) is 1.94. The number of piperidine rings is 1. The van der Waals surface area contributed by atoms with Crippen LogP contribution in [0.5, 0.6) is 0 Å². The highest BCUT2D eigenvalue weighted by Gasteiger charge is 2.35. The SMILES string of the molecule is O=CO.OC[C@H]1NC[C@H](O)[C@@H](O)[C@@H]1O. The molecule has 1 rings (SSSR count). The lowest BCUT2D eigenvalue weighted by atomic mass is 9.97. The second-order valence-corrected chi connectivity index (χ2v) is 2.85. The lowest BCUT2D eigenvalue weighted by Gasteiger charge is -2.34. The summed E-state index contributed by atoms with van der Waals surface area (Å²) < 4.78 is 0. The molecule has 0 aliphatic carbocycles. The number of rotatable bonds is 1. The third-order valence-corrected chi connectivity index (χ3v) is 1.94. The molecule has 0 saturated carbocycles. The molecule has 1 saturated heterocycles. The van der Waals surface area contributed by atoms with Crippen LogP contribution in [0.2, 0.25) is 0 Å². The molecule has 4 atom stereocenters. The maximum absolute atomic E-state index is 9.18. The molecule has 0 bridgehead atoms. The first-order chi connectivity index (χ1) is 6.58. The highest BCUT2D eigenvalue weighted by molar-refractivity contribution is 5.32. The maximum Gasteiger partial charge on any atom is 0.290 e. The van der Waals surface area contributed by atoms with Crippen LogP contribution in [0.15, 0.2) is 0 Å². The number of aliphatic hydroxyl groups excluding tert-OH is 4. The fourth-order valence-electron chi connectivity index (χ4n) is 1.15. The van der Waals surface area contributed by atoms with E-state index < -0.39 is 24.4 Å². The van der Waals surface area contributed by atoms with Gasteiger partial charge in [-0.05, 0) is 0 Å². The fourth-order valence-corrected chi connectivity index (χ4v) is 1.15. The Labute approximate surface area is 80.6 Å². The summed E-state index contributed by atoms with van der Waals surface area (Å²) in [6, 6.07) is -0.534. The van der Waals surface area contributed by atoms with Gasteiger partial charge in [0.15, 0.2) is 0 Å². The molecule has 1 aliphatic rings. The minimum atomic E-state index is -1.16. The number of nitrogens with one attached hydrogen (secondary N) is 1. The Morgan fingerprint density at radius 3 is 2.21 bits per heavy atom. The standard InChI is InChI=1S/C6H13NO4.CH2O2/c8-2-3-5(10)6(11)4(9)1-7-3;2-1-3/h3-11H,1-2H2;1H,(H,2,3)/t3-,4+,5-,6-;/m1./s1. The van der Waals surface area contributed by atoms with Gasteiger partial charge >= 0.3 is 0 Å². The summed E-state index contributed by atoms with van der Waals surface area (Å²) in [5, 5.41) is 45.5. The number of hydrogen-bond acceptors (Lipinski definition) is 6. The third kappa shape index (κ3) is 3.56. The van der Waals surface area contributed by atoms with Gasteiger partial charge in [0.25, 0.3) is 6.47 Å². The zero-order chi connectivity index (χ0) is 11.1. The van der Waals surface area contributed by atoms with Gasteiger partial charge in [-0.25, -0.2) is 0 Å². The van der Waals surface area contributed by atoms with E-state index in [2.05, 4.69) is 5.32 Å². The Hall–Kier alpha value is -0.730. The summed E-state index contributed by atoms with van der Waals surface area (Å²) in [4.78, 5) is 8.36. The van der Waals surface area contributed by atoms with Crippen molar-refractivity contribution >= 4 is 6.47 Å². The molecule has 1 fully saturated rings. The van der Waals surface area contributed by atoms with Crippen LogP contribution < -0.4 is 5.32 Å². The van der Waals surface area contributed by atoms with Gasteiger partial charge in [-0.15, -0.1) is 0 Å². The predicted molar refractivity (Wildman–Crippen MR) is 45.6 cm³/mol. The van der Waals surface area contributed by atoms with Crippen LogP contribution in [0.3, 0.4) is 0 Å². The molecular formula is C7H15NO6. The number of aliphatic hydroxyl groups is 4. The number of hydrogen-bond donors (Lipinski definition) is 6. The Bertz CT molecular complexity index is 164. The van der Waals surface area contributed by atoms with E-state index in [0.717, 1.165) is 0 Å². The molecule has 6 N–H and O–H groups in total. The predicted octanol–water partition coefficient (Wildman–Crippen LogP) is -3.27. The van der Waals surface area contributed by atoms with Gasteiger partial charge in [-0.1, -0.05) is 0 Å². The molecule has 14 heavy (non-hydrogen) atoms. The quantitative estimate of drug-likeness (QED) is 0.250. The van der Waals surface area contributed by atoms with Crippen molar-refractivity contribution in [2.24, 2.45) is 0 Å². The van der Waals surface area contributed by atoms with Crippen molar-refractivity contribution in [1.82, 2.24) is 5.32 Å². The Morgan fingerprint density at radius 1 is 1.29 bits per heavy atom. The molecule has 1 aliphatic heterocycles. The van der Waals surface area contributed by atoms with Gasteiger partial charge in [0, 0.05) is 6.54 Å². The lowest BCUT2D eigenvalue weighted by molar-refractivity contribution is -0.122. The van der Waals surface area contributed by atoms with Crippen LogP contribution >= 0.6 is 0 Å². The van der Waals surface area contributed by atoms with E-state index in [4.69, 9.17) is 25.2 Å². The van der Waals surface area contributed by atoms with E-state index in [1.807, 2.05) is 0 Å². The largest absolute Gasteiger partial charge is 0.483 e. The molecule has 7 nitrogen and oxygen atoms in total. The van der Waals surface area contributed by atoms with E-state index in [1.54, 1.807) is 0 Å². The van der Waals surface area contributed by atoms with Crippen LogP contribution in [0.1, 0.15) is 0 Å². The van der Waals surface area contributed by atoms with E-state index in [9.17, 15) is 5.11 Å². The van der Waals surface area contributed by atoms with Crippen molar-refractivity contribution < 1.29 is 30.3 Å². The van der Waals surface area contributed by atoms with Crippen molar-refractivity contribution in [2.45, 2.75) is 24.4 Å². The summed E-state index contributed by atoms with van der Waals surface area (Å²) in [6.07, 6.45) is -3.20. The molecule has 0 unspecified atom stereocenters. The van der Waals surface area contributed by atoms with Gasteiger partial charge in [-0.3, -0.25) is 4.79 Å². The normalized spacial score (nSPS) is 36.9. The lowest BCUT2D eigenvalue weighted by Crippen LogP contribution is -2.60. The van der Waals surface area contributed by atoms with Crippen molar-refractivity contribution in [3.05, 3.63) is 0 Å². The molecule has 0 spiro atoms. The van der Waals surface area contributed by atoms with Crippen molar-refractivity contribution in [2.75, 3.05) is 13.2 Å². The molecule has 7 heteroatoms. The number of β-amino-alcohol motifs (C(OH)–C–C–N with tert-alkyl or cyclic N) is 1. The second kappa shape index (κ2) is 6.68. The minimum absolute atomic E-state index is 0.198. The van der Waals surface area contributed by atoms with E-state index in [0.29, 0.717) is 0 Å². The molecule has 1 heterocycles. The fraction of sp³-hybridized carbons (Fsp3) is 0.857. The number of carboxylic acid groups (broad SMARTS) is 1. The summed E-state index contributed by atoms with van der Waals surface area (Å²) in [5.74, 6) is 0. The van der Waals surface area contributed by atoms with E-state index in [-0.39, 0.29) is 19.6 Å². The van der Waals surface area contributed by atoms with Gasteiger partial charge in [0.1, 0.15) is 6.10 Å². The van der Waals surface area contributed by atoms with E-state index in [1.165, 1.54) is 0 Å². The molecule has 0 aromatic heterocycles. The van der Waals surface area contributed by atoms with Gasteiger partial charge < -0.3 is 30.8 Å². The minimum Gasteiger partial charge on any atom is -0.483 e. The molecule has 0 aromatic carbocycles. The Balaban J connectivity index is 0.000000500. The van der Waals surface area contributed by atoms with Crippen molar-refractivity contribution in [3.63, 3.8) is 0 Å². The second-order valence-electron chi connectivity index (χ2n) is 2.85. The van der Waals surface area contributed by atoms with Crippen LogP contribution in [0.25, 0.3) is 0 Å². The average Bonchev–Trinajstić information content (AvgIpc) is 2.16. The molecule has 0 amide bonds. The maximum atomic E-state index is 9.18. The monoisotopic (exact) mass is 209 g/mol. The molecule has 0 radical (unpaired) electrons. The van der Waals surface area contributed by atoms with Crippen LogP contribution in [0.4, 0.5) is 0 Å². The summed E-state index contributed by atoms with van der Waals surface area (Å²) in [7, 11) is 0. The van der Waals surface area contributed by atoms with Crippen LogP contribution in [-0.4, -0.2) is 69.5 Å². The summed E-state index contributed by atoms with van der Waals surface area (Å²) >= 11 is 0. The van der Waals surface area contributed by atoms with Gasteiger partial charge in [0.05, 0.1) is 24.9 Å². The highest BCUT2D eigenvalue weighted by atomic mass is 16.4. The highest BCUT2D eigenvalue weighted by Crippen LogP contribution is 2.09. The number of carbonyl (C=O) groups is 1. The summed E-state index contributed by atoms with van der Waals surface area (Å²) in [5.41, 5.74) is 0. The topological polar surface area (TPSA) is 130 Å². The summed E-state index contributed by atoms with van der Waals surface area (Å²) in [6.45, 7) is -0.297. The average molecular weight is 209 g/mol. The van der Waals surface area contributed by atoms with Crippen LogP contribution in [0, 0.1) is 0 Å². The first-order valence-corrected chi connectivity index (χ1v) is 4.04. The van der Waals surface area contributed by atoms with Crippen molar-refractivity contribution in [3.8, 4) is 0 Å². The first-order valence-electron chi connectivity index (χ1n) is 4.04. The Kier molecular flexibility index (Phi) is 6.34.